The van der Waals surface area contributed by atoms with Gasteiger partial charge in [-0.05, 0) is 18.1 Å². The van der Waals surface area contributed by atoms with E-state index in [4.69, 9.17) is 10.5 Å². The van der Waals surface area contributed by atoms with Crippen molar-refractivity contribution in [3.05, 3.63) is 71.8 Å². The third-order valence-electron chi connectivity index (χ3n) is 3.37. The SMILES string of the molecule is COC(c1ccccc1)(c1ccccc1)C(C)N. The molecule has 1 atom stereocenters. The summed E-state index contributed by atoms with van der Waals surface area (Å²) in [5.74, 6) is 0. The number of methoxy groups -OCH3 is 1. The number of nitrogens with two attached hydrogens (primary N) is 1. The van der Waals surface area contributed by atoms with Crippen molar-refractivity contribution in [1.82, 2.24) is 0 Å². The van der Waals surface area contributed by atoms with Crippen LogP contribution in [0, 0.1) is 0 Å². The molecular weight excluding hydrogens is 222 g/mol. The quantitative estimate of drug-likeness (QED) is 0.893. The molecule has 0 aliphatic heterocycles. The van der Waals surface area contributed by atoms with Gasteiger partial charge in [0.1, 0.15) is 5.60 Å². The van der Waals surface area contributed by atoms with Gasteiger partial charge in [-0.3, -0.25) is 0 Å². The topological polar surface area (TPSA) is 35.2 Å². The Morgan fingerprint density at radius 1 is 0.889 bits per heavy atom. The molecule has 0 radical (unpaired) electrons. The molecule has 94 valence electrons. The number of ether oxygens (including phenoxy) is 1. The van der Waals surface area contributed by atoms with E-state index in [0.29, 0.717) is 0 Å². The molecule has 2 N–H and O–H groups in total. The zero-order valence-electron chi connectivity index (χ0n) is 10.8. The minimum atomic E-state index is -0.595. The van der Waals surface area contributed by atoms with Crippen LogP contribution in [0.3, 0.4) is 0 Å². The molecule has 0 bridgehead atoms. The molecule has 2 heteroatoms. The summed E-state index contributed by atoms with van der Waals surface area (Å²) >= 11 is 0. The van der Waals surface area contributed by atoms with E-state index in [1.807, 2.05) is 43.3 Å². The van der Waals surface area contributed by atoms with Crippen molar-refractivity contribution in [3.63, 3.8) is 0 Å². The van der Waals surface area contributed by atoms with E-state index in [1.54, 1.807) is 7.11 Å². The first-order valence-electron chi connectivity index (χ1n) is 6.13. The predicted molar refractivity (Wildman–Crippen MR) is 74.3 cm³/mol. The Hall–Kier alpha value is -1.64. The van der Waals surface area contributed by atoms with Gasteiger partial charge >= 0.3 is 0 Å². The maximum Gasteiger partial charge on any atom is 0.132 e. The Kier molecular flexibility index (Phi) is 3.80. The molecule has 0 amide bonds. The highest BCUT2D eigenvalue weighted by Gasteiger charge is 2.38. The zero-order chi connectivity index (χ0) is 13.0. The Morgan fingerprint density at radius 2 is 1.28 bits per heavy atom. The minimum Gasteiger partial charge on any atom is -0.367 e. The summed E-state index contributed by atoms with van der Waals surface area (Å²) in [7, 11) is 1.71. The summed E-state index contributed by atoms with van der Waals surface area (Å²) < 4.78 is 5.85. The molecule has 2 aromatic rings. The summed E-state index contributed by atoms with van der Waals surface area (Å²) in [4.78, 5) is 0. The highest BCUT2D eigenvalue weighted by Crippen LogP contribution is 2.35. The summed E-state index contributed by atoms with van der Waals surface area (Å²) in [6, 6.07) is 20.1. The van der Waals surface area contributed by atoms with Crippen molar-refractivity contribution >= 4 is 0 Å². The van der Waals surface area contributed by atoms with E-state index >= 15 is 0 Å². The summed E-state index contributed by atoms with van der Waals surface area (Å²) in [5.41, 5.74) is 7.78. The first-order chi connectivity index (χ1) is 8.71. The first kappa shape index (κ1) is 12.8. The molecule has 0 aliphatic rings. The molecule has 2 aromatic carbocycles. The van der Waals surface area contributed by atoms with Gasteiger partial charge in [-0.2, -0.15) is 0 Å². The van der Waals surface area contributed by atoms with E-state index in [-0.39, 0.29) is 6.04 Å². The molecule has 0 saturated heterocycles. The lowest BCUT2D eigenvalue weighted by molar-refractivity contribution is 0.00418. The van der Waals surface area contributed by atoms with Crippen molar-refractivity contribution in [2.75, 3.05) is 7.11 Å². The van der Waals surface area contributed by atoms with Crippen LogP contribution >= 0.6 is 0 Å². The number of benzene rings is 2. The van der Waals surface area contributed by atoms with Crippen LogP contribution in [-0.2, 0) is 10.3 Å². The highest BCUT2D eigenvalue weighted by molar-refractivity contribution is 5.38. The van der Waals surface area contributed by atoms with Gasteiger partial charge in [0.15, 0.2) is 0 Å². The Morgan fingerprint density at radius 3 is 1.56 bits per heavy atom. The molecule has 2 nitrogen and oxygen atoms in total. The van der Waals surface area contributed by atoms with Crippen LogP contribution in [0.25, 0.3) is 0 Å². The molecule has 2 rings (SSSR count). The van der Waals surface area contributed by atoms with Gasteiger partial charge in [0, 0.05) is 13.2 Å². The molecule has 0 aliphatic carbocycles. The first-order valence-corrected chi connectivity index (χ1v) is 6.13. The van der Waals surface area contributed by atoms with Crippen molar-refractivity contribution in [1.29, 1.82) is 0 Å². The molecular formula is C16H19NO. The minimum absolute atomic E-state index is 0.146. The average molecular weight is 241 g/mol. The van der Waals surface area contributed by atoms with Crippen LogP contribution in [0.5, 0.6) is 0 Å². The normalized spacial score (nSPS) is 13.3. The van der Waals surface area contributed by atoms with Gasteiger partial charge < -0.3 is 10.5 Å². The Labute approximate surface area is 108 Å². The lowest BCUT2D eigenvalue weighted by atomic mass is 9.81. The molecule has 0 fully saturated rings. The lowest BCUT2D eigenvalue weighted by Gasteiger charge is -2.37. The van der Waals surface area contributed by atoms with Gasteiger partial charge in [0.05, 0.1) is 0 Å². The smallest absolute Gasteiger partial charge is 0.132 e. The molecule has 18 heavy (non-hydrogen) atoms. The second kappa shape index (κ2) is 5.34. The van der Waals surface area contributed by atoms with Crippen LogP contribution in [0.15, 0.2) is 60.7 Å². The van der Waals surface area contributed by atoms with Gasteiger partial charge in [-0.1, -0.05) is 60.7 Å². The fraction of sp³-hybridized carbons (Fsp3) is 0.250. The van der Waals surface area contributed by atoms with Crippen molar-refractivity contribution in [2.45, 2.75) is 18.6 Å². The fourth-order valence-electron chi connectivity index (χ4n) is 2.49. The maximum absolute atomic E-state index is 6.22. The van der Waals surface area contributed by atoms with Crippen molar-refractivity contribution < 1.29 is 4.74 Å². The zero-order valence-corrected chi connectivity index (χ0v) is 10.8. The van der Waals surface area contributed by atoms with Crippen LogP contribution in [0.2, 0.25) is 0 Å². The predicted octanol–water partition coefficient (Wildman–Crippen LogP) is 2.92. The van der Waals surface area contributed by atoms with E-state index in [0.717, 1.165) is 11.1 Å². The molecule has 0 saturated carbocycles. The van der Waals surface area contributed by atoms with Crippen molar-refractivity contribution in [3.8, 4) is 0 Å². The number of rotatable bonds is 4. The number of hydrogen-bond donors (Lipinski definition) is 1. The Bertz CT molecular complexity index is 439. The second-order valence-electron chi connectivity index (χ2n) is 4.46. The second-order valence-corrected chi connectivity index (χ2v) is 4.46. The summed E-state index contributed by atoms with van der Waals surface area (Å²) in [6.07, 6.45) is 0. The molecule has 0 aromatic heterocycles. The van der Waals surface area contributed by atoms with Crippen LogP contribution in [-0.4, -0.2) is 13.2 Å². The standard InChI is InChI=1S/C16H19NO/c1-13(17)16(18-2,14-9-5-3-6-10-14)15-11-7-4-8-12-15/h3-13H,17H2,1-2H3. The van der Waals surface area contributed by atoms with Crippen LogP contribution in [0.4, 0.5) is 0 Å². The molecule has 0 heterocycles. The van der Waals surface area contributed by atoms with Crippen molar-refractivity contribution in [2.24, 2.45) is 5.73 Å². The van der Waals surface area contributed by atoms with Crippen LogP contribution < -0.4 is 5.73 Å². The molecule has 0 spiro atoms. The lowest BCUT2D eigenvalue weighted by Crippen LogP contribution is -2.46. The summed E-state index contributed by atoms with van der Waals surface area (Å²) in [6.45, 7) is 1.98. The van der Waals surface area contributed by atoms with E-state index in [2.05, 4.69) is 24.3 Å². The van der Waals surface area contributed by atoms with Gasteiger partial charge in [0.25, 0.3) is 0 Å². The van der Waals surface area contributed by atoms with Gasteiger partial charge in [0.2, 0.25) is 0 Å². The number of hydrogen-bond acceptors (Lipinski definition) is 2. The van der Waals surface area contributed by atoms with E-state index in [9.17, 15) is 0 Å². The third-order valence-corrected chi connectivity index (χ3v) is 3.37. The van der Waals surface area contributed by atoms with E-state index in [1.165, 1.54) is 0 Å². The Balaban J connectivity index is 2.61. The maximum atomic E-state index is 6.22. The average Bonchev–Trinajstić information content (AvgIpc) is 2.42. The monoisotopic (exact) mass is 241 g/mol. The largest absolute Gasteiger partial charge is 0.367 e. The summed E-state index contributed by atoms with van der Waals surface area (Å²) in [5, 5.41) is 0. The fourth-order valence-corrected chi connectivity index (χ4v) is 2.49. The highest BCUT2D eigenvalue weighted by atomic mass is 16.5. The van der Waals surface area contributed by atoms with Gasteiger partial charge in [-0.15, -0.1) is 0 Å². The third kappa shape index (κ3) is 2.05. The van der Waals surface area contributed by atoms with E-state index < -0.39 is 5.60 Å². The van der Waals surface area contributed by atoms with Crippen LogP contribution in [0.1, 0.15) is 18.1 Å². The van der Waals surface area contributed by atoms with Gasteiger partial charge in [-0.25, -0.2) is 0 Å². The molecule has 1 unspecified atom stereocenters.